The molecule has 2 aromatic rings. The van der Waals surface area contributed by atoms with Gasteiger partial charge in [0.25, 0.3) is 0 Å². The predicted molar refractivity (Wildman–Crippen MR) is 109 cm³/mol. The summed E-state index contributed by atoms with van der Waals surface area (Å²) in [5.74, 6) is 1.35. The lowest BCUT2D eigenvalue weighted by atomic mass is 10.0. The minimum Gasteiger partial charge on any atom is -0.375 e. The largest absolute Gasteiger partial charge is 0.534 e. The summed E-state index contributed by atoms with van der Waals surface area (Å²) in [6, 6.07) is 5.90. The zero-order valence-electron chi connectivity index (χ0n) is 11.6. The van der Waals surface area contributed by atoms with E-state index in [1.807, 2.05) is 0 Å². The topological polar surface area (TPSA) is 43.4 Å². The Hall–Kier alpha value is -0.0300. The summed E-state index contributed by atoms with van der Waals surface area (Å²) in [7, 11) is -5.88. The molecular weight excluding hydrogens is 629 g/mol. The summed E-state index contributed by atoms with van der Waals surface area (Å²) in [6.45, 7) is 0. The summed E-state index contributed by atoms with van der Waals surface area (Å²) in [6.07, 6.45) is 0. The number of rotatable bonds is 3. The van der Waals surface area contributed by atoms with Crippen molar-refractivity contribution in [1.29, 1.82) is 0 Å². The SMILES string of the molecule is O=S(=O)(Oc1cccc2c(F)ccc(C#CSP(I)I)c12)C(F)(F)F. The van der Waals surface area contributed by atoms with Crippen LogP contribution in [0.5, 0.6) is 5.75 Å². The van der Waals surface area contributed by atoms with Gasteiger partial charge in [0.05, 0.1) is 2.41 Å². The average molecular weight is 634 g/mol. The van der Waals surface area contributed by atoms with Crippen LogP contribution in [0.1, 0.15) is 5.56 Å². The summed E-state index contributed by atoms with van der Waals surface area (Å²) < 4.78 is 78.0. The molecule has 0 aliphatic rings. The van der Waals surface area contributed by atoms with Gasteiger partial charge < -0.3 is 4.18 Å². The van der Waals surface area contributed by atoms with Crippen molar-refractivity contribution in [2.24, 2.45) is 0 Å². The molecule has 0 saturated carbocycles. The van der Waals surface area contributed by atoms with E-state index < -0.39 is 29.6 Å². The van der Waals surface area contributed by atoms with E-state index in [1.54, 1.807) is 0 Å². The number of alkyl halides is 3. The Bertz CT molecular complexity index is 969. The quantitative estimate of drug-likeness (QED) is 0.0988. The van der Waals surface area contributed by atoms with Gasteiger partial charge in [0.2, 0.25) is 0 Å². The molecule has 0 unspecified atom stereocenters. The van der Waals surface area contributed by atoms with E-state index in [-0.39, 0.29) is 16.3 Å². The van der Waals surface area contributed by atoms with E-state index in [2.05, 4.69) is 59.4 Å². The Balaban J connectivity index is 2.65. The number of hydrogen-bond acceptors (Lipinski definition) is 4. The highest BCUT2D eigenvalue weighted by molar-refractivity contribution is 14.3. The lowest BCUT2D eigenvalue weighted by molar-refractivity contribution is -0.0499. The summed E-state index contributed by atoms with van der Waals surface area (Å²) in [5, 5.41) is 2.55. The number of benzene rings is 2. The molecule has 0 N–H and O–H groups in total. The minimum absolute atomic E-state index is 0.0853. The fourth-order valence-corrected chi connectivity index (χ4v) is 4.60. The molecule has 0 aliphatic carbocycles. The second-order valence-electron chi connectivity index (χ2n) is 4.28. The van der Waals surface area contributed by atoms with Gasteiger partial charge in [0.1, 0.15) is 5.82 Å². The molecule has 0 aliphatic heterocycles. The second-order valence-corrected chi connectivity index (χ2v) is 23.5. The zero-order chi connectivity index (χ0) is 18.8. The molecule has 2 aromatic carbocycles. The molecule has 12 heteroatoms. The van der Waals surface area contributed by atoms with E-state index in [1.165, 1.54) is 29.6 Å². The van der Waals surface area contributed by atoms with Crippen LogP contribution in [0.4, 0.5) is 17.6 Å². The van der Waals surface area contributed by atoms with Crippen LogP contribution < -0.4 is 4.18 Å². The van der Waals surface area contributed by atoms with Gasteiger partial charge in [-0.3, -0.25) is 0 Å². The molecule has 0 spiro atoms. The molecule has 0 heterocycles. The molecular formula is C13H5F4I2O3PS2. The van der Waals surface area contributed by atoms with Crippen molar-refractivity contribution in [3.8, 4) is 16.9 Å². The molecule has 0 aromatic heterocycles. The third-order valence-electron chi connectivity index (χ3n) is 2.73. The fraction of sp³-hybridized carbons (Fsp3) is 0.0769. The van der Waals surface area contributed by atoms with Crippen LogP contribution in [0, 0.1) is 17.0 Å². The predicted octanol–water partition coefficient (Wildman–Crippen LogP) is 6.35. The smallest absolute Gasteiger partial charge is 0.375 e. The molecule has 0 radical (unpaired) electrons. The third-order valence-corrected chi connectivity index (χ3v) is 8.26. The van der Waals surface area contributed by atoms with Crippen LogP contribution in [-0.4, -0.2) is 13.9 Å². The van der Waals surface area contributed by atoms with E-state index in [9.17, 15) is 26.0 Å². The third kappa shape index (κ3) is 5.24. The van der Waals surface area contributed by atoms with Crippen LogP contribution in [-0.2, 0) is 10.1 Å². The molecule has 0 bridgehead atoms. The molecule has 134 valence electrons. The molecule has 0 amide bonds. The maximum absolute atomic E-state index is 14.0. The Kier molecular flexibility index (Phi) is 7.09. The first-order chi connectivity index (χ1) is 11.5. The highest BCUT2D eigenvalue weighted by atomic mass is 127. The van der Waals surface area contributed by atoms with Gasteiger partial charge >= 0.3 is 15.6 Å². The minimum atomic E-state index is -5.88. The first-order valence-corrected chi connectivity index (χ1v) is 15.8. The van der Waals surface area contributed by atoms with Crippen molar-refractivity contribution >= 4 is 78.8 Å². The maximum atomic E-state index is 14.0. The number of halogens is 6. The van der Waals surface area contributed by atoms with Crippen LogP contribution in [0.25, 0.3) is 10.8 Å². The normalized spacial score (nSPS) is 12.1. The first-order valence-electron chi connectivity index (χ1n) is 6.04. The van der Waals surface area contributed by atoms with E-state index in [4.69, 9.17) is 0 Å². The van der Waals surface area contributed by atoms with Crippen LogP contribution in [0.15, 0.2) is 30.3 Å². The first kappa shape index (κ1) is 21.3. The van der Waals surface area contributed by atoms with Gasteiger partial charge in [0.15, 0.2) is 5.75 Å². The Morgan fingerprint density at radius 1 is 1.16 bits per heavy atom. The van der Waals surface area contributed by atoms with Gasteiger partial charge in [0, 0.05) is 16.3 Å². The monoisotopic (exact) mass is 634 g/mol. The van der Waals surface area contributed by atoms with Crippen LogP contribution in [0.3, 0.4) is 0 Å². The Morgan fingerprint density at radius 3 is 2.44 bits per heavy atom. The van der Waals surface area contributed by atoms with Gasteiger partial charge in [-0.2, -0.15) is 21.6 Å². The van der Waals surface area contributed by atoms with E-state index in [0.717, 1.165) is 12.1 Å². The van der Waals surface area contributed by atoms with E-state index in [0.29, 0.717) is 0 Å². The van der Waals surface area contributed by atoms with Crippen molar-refractivity contribution in [2.45, 2.75) is 5.51 Å². The average Bonchev–Trinajstić information content (AvgIpc) is 2.48. The van der Waals surface area contributed by atoms with Crippen molar-refractivity contribution in [3.05, 3.63) is 41.7 Å². The van der Waals surface area contributed by atoms with Crippen molar-refractivity contribution < 1.29 is 30.2 Å². The van der Waals surface area contributed by atoms with Gasteiger partial charge in [-0.15, -0.1) is 0 Å². The van der Waals surface area contributed by atoms with Crippen molar-refractivity contribution in [1.82, 2.24) is 0 Å². The van der Waals surface area contributed by atoms with E-state index >= 15 is 0 Å². The lowest BCUT2D eigenvalue weighted by Crippen LogP contribution is -2.28. The van der Waals surface area contributed by atoms with Crippen molar-refractivity contribution in [3.63, 3.8) is 0 Å². The van der Waals surface area contributed by atoms with Gasteiger partial charge in [-0.05, 0) is 78.9 Å². The Morgan fingerprint density at radius 2 is 1.84 bits per heavy atom. The zero-order valence-corrected chi connectivity index (χ0v) is 18.5. The summed E-state index contributed by atoms with van der Waals surface area (Å²) >= 11 is 5.64. The number of fused-ring (bicyclic) bond motifs is 1. The summed E-state index contributed by atoms with van der Waals surface area (Å²) in [4.78, 5) is 0. The van der Waals surface area contributed by atoms with Crippen molar-refractivity contribution in [2.75, 3.05) is 0 Å². The standard InChI is InChI=1S/C13H5F4I2O3PS2/c14-10-5-4-8(6-7-24-23(18)19)12-9(10)2-1-3-11(12)22-25(20,21)13(15,16)17/h1-5H. The Labute approximate surface area is 171 Å². The molecule has 2 rings (SSSR count). The fourth-order valence-electron chi connectivity index (χ4n) is 1.79. The second kappa shape index (κ2) is 8.33. The molecule has 0 atom stereocenters. The maximum Gasteiger partial charge on any atom is 0.534 e. The highest BCUT2D eigenvalue weighted by Crippen LogP contribution is 2.64. The van der Waals surface area contributed by atoms with Crippen LogP contribution in [0.2, 0.25) is 0 Å². The molecule has 25 heavy (non-hydrogen) atoms. The lowest BCUT2D eigenvalue weighted by Gasteiger charge is -2.12. The molecule has 0 fully saturated rings. The van der Waals surface area contributed by atoms with Gasteiger partial charge in [-0.1, -0.05) is 18.1 Å². The molecule has 0 saturated heterocycles. The van der Waals surface area contributed by atoms with Gasteiger partial charge in [-0.25, -0.2) is 4.39 Å². The highest BCUT2D eigenvalue weighted by Gasteiger charge is 2.48. The van der Waals surface area contributed by atoms with Crippen LogP contribution >= 0.6 is 57.9 Å². The molecule has 3 nitrogen and oxygen atoms in total. The summed E-state index contributed by atoms with van der Waals surface area (Å²) in [5.41, 5.74) is -5.43. The number of hydrogen-bond donors (Lipinski definition) is 0.